The zero-order valence-electron chi connectivity index (χ0n) is 18.2. The monoisotopic (exact) mass is 410 g/mol. The van der Waals surface area contributed by atoms with E-state index in [1.165, 1.54) is 0 Å². The van der Waals surface area contributed by atoms with Gasteiger partial charge in [-0.3, -0.25) is 9.59 Å². The van der Waals surface area contributed by atoms with Gasteiger partial charge in [-0.15, -0.1) is 0 Å². The molecule has 0 radical (unpaired) electrons. The number of amides is 2. The van der Waals surface area contributed by atoms with Crippen LogP contribution >= 0.6 is 0 Å². The molecule has 0 bridgehead atoms. The average Bonchev–Trinajstić information content (AvgIpc) is 2.70. The van der Waals surface area contributed by atoms with Gasteiger partial charge < -0.3 is 15.4 Å². The number of esters is 1. The molecule has 0 aliphatic heterocycles. The molecule has 2 rings (SSSR count). The Morgan fingerprint density at radius 3 is 2.20 bits per heavy atom. The Morgan fingerprint density at radius 2 is 1.57 bits per heavy atom. The van der Waals surface area contributed by atoms with Gasteiger partial charge in [0.25, 0.3) is 11.8 Å². The van der Waals surface area contributed by atoms with Crippen LogP contribution in [-0.4, -0.2) is 30.4 Å². The number of benzene rings is 2. The molecule has 2 amide bonds. The van der Waals surface area contributed by atoms with Crippen molar-refractivity contribution in [3.05, 3.63) is 65.2 Å². The summed E-state index contributed by atoms with van der Waals surface area (Å²) in [6.07, 6.45) is 0. The molecular weight excluding hydrogens is 380 g/mol. The van der Waals surface area contributed by atoms with Gasteiger partial charge in [-0.1, -0.05) is 64.1 Å². The van der Waals surface area contributed by atoms with Crippen molar-refractivity contribution in [1.29, 1.82) is 0 Å². The summed E-state index contributed by atoms with van der Waals surface area (Å²) in [4.78, 5) is 37.4. The Bertz CT molecular complexity index is 906. The second kappa shape index (κ2) is 10.6. The van der Waals surface area contributed by atoms with Crippen molar-refractivity contribution in [1.82, 2.24) is 5.32 Å². The molecule has 0 heterocycles. The van der Waals surface area contributed by atoms with Crippen LogP contribution in [0.25, 0.3) is 0 Å². The number of aryl methyl sites for hydroxylation is 1. The number of carbonyl (C=O) groups is 3. The van der Waals surface area contributed by atoms with Crippen molar-refractivity contribution >= 4 is 23.5 Å². The number of ether oxygens (including phenoxy) is 1. The van der Waals surface area contributed by atoms with Crippen LogP contribution in [0, 0.1) is 12.8 Å². The minimum Gasteiger partial charge on any atom is -0.454 e. The Morgan fingerprint density at radius 1 is 0.933 bits per heavy atom. The van der Waals surface area contributed by atoms with E-state index in [1.807, 2.05) is 71.0 Å². The molecule has 0 aliphatic rings. The van der Waals surface area contributed by atoms with E-state index in [4.69, 9.17) is 4.74 Å². The van der Waals surface area contributed by atoms with Crippen LogP contribution in [0.15, 0.2) is 48.5 Å². The number of hydrogen-bond donors (Lipinski definition) is 2. The third-order valence-electron chi connectivity index (χ3n) is 4.80. The first-order valence-corrected chi connectivity index (χ1v) is 10.1. The average molecular weight is 411 g/mol. The molecule has 6 heteroatoms. The number of anilines is 1. The zero-order chi connectivity index (χ0) is 22.3. The second-order valence-electron chi connectivity index (χ2n) is 7.91. The Kier molecular flexibility index (Phi) is 8.16. The normalized spacial score (nSPS) is 11.8. The predicted octanol–water partition coefficient (Wildman–Crippen LogP) is 4.05. The lowest BCUT2D eigenvalue weighted by Crippen LogP contribution is -2.46. The van der Waals surface area contributed by atoms with Crippen molar-refractivity contribution in [2.24, 2.45) is 5.92 Å². The zero-order valence-corrected chi connectivity index (χ0v) is 18.2. The lowest BCUT2D eigenvalue weighted by Gasteiger charge is -2.21. The molecule has 0 unspecified atom stereocenters. The van der Waals surface area contributed by atoms with Crippen LogP contribution in [0.4, 0.5) is 5.69 Å². The Balaban J connectivity index is 1.98. The van der Waals surface area contributed by atoms with Crippen LogP contribution in [0.5, 0.6) is 0 Å². The summed E-state index contributed by atoms with van der Waals surface area (Å²) in [5.74, 6) is -1.37. The maximum Gasteiger partial charge on any atom is 0.329 e. The highest BCUT2D eigenvalue weighted by atomic mass is 16.5. The molecule has 1 atom stereocenters. The topological polar surface area (TPSA) is 84.5 Å². The van der Waals surface area contributed by atoms with Crippen molar-refractivity contribution in [2.45, 2.75) is 46.6 Å². The van der Waals surface area contributed by atoms with Gasteiger partial charge in [0, 0.05) is 11.3 Å². The molecule has 0 fully saturated rings. The van der Waals surface area contributed by atoms with Gasteiger partial charge in [0.05, 0.1) is 0 Å². The van der Waals surface area contributed by atoms with E-state index in [0.717, 1.165) is 11.1 Å². The lowest BCUT2D eigenvalue weighted by molar-refractivity contribution is -0.150. The highest BCUT2D eigenvalue weighted by Gasteiger charge is 2.27. The molecule has 0 spiro atoms. The van der Waals surface area contributed by atoms with Crippen LogP contribution in [-0.2, 0) is 14.3 Å². The summed E-state index contributed by atoms with van der Waals surface area (Å²) in [7, 11) is 0. The Labute approximate surface area is 178 Å². The van der Waals surface area contributed by atoms with Crippen molar-refractivity contribution < 1.29 is 19.1 Å². The van der Waals surface area contributed by atoms with E-state index < -0.39 is 24.5 Å². The first kappa shape index (κ1) is 23.1. The van der Waals surface area contributed by atoms with Gasteiger partial charge in [0.1, 0.15) is 6.04 Å². The first-order valence-electron chi connectivity index (χ1n) is 10.1. The fraction of sp³-hybridized carbons (Fsp3) is 0.375. The van der Waals surface area contributed by atoms with Crippen LogP contribution in [0.2, 0.25) is 0 Å². The van der Waals surface area contributed by atoms with Gasteiger partial charge in [-0.2, -0.15) is 0 Å². The fourth-order valence-corrected chi connectivity index (χ4v) is 3.07. The Hall–Kier alpha value is -3.15. The third-order valence-corrected chi connectivity index (χ3v) is 4.80. The second-order valence-corrected chi connectivity index (χ2v) is 7.91. The highest BCUT2D eigenvalue weighted by Crippen LogP contribution is 2.23. The predicted molar refractivity (Wildman–Crippen MR) is 117 cm³/mol. The van der Waals surface area contributed by atoms with Crippen molar-refractivity contribution in [3.63, 3.8) is 0 Å². The SMILES string of the molecule is Cc1ccccc1C(=O)N[C@H](C(=O)OCC(=O)Nc1ccccc1C(C)C)C(C)C. The summed E-state index contributed by atoms with van der Waals surface area (Å²) in [5.41, 5.74) is 3.01. The van der Waals surface area contributed by atoms with Crippen molar-refractivity contribution in [2.75, 3.05) is 11.9 Å². The van der Waals surface area contributed by atoms with E-state index >= 15 is 0 Å². The number of rotatable bonds is 8. The maximum atomic E-state index is 12.6. The molecule has 0 aliphatic carbocycles. The van der Waals surface area contributed by atoms with E-state index in [1.54, 1.807) is 12.1 Å². The van der Waals surface area contributed by atoms with Crippen LogP contribution in [0.1, 0.15) is 55.1 Å². The third kappa shape index (κ3) is 6.17. The minimum atomic E-state index is -0.854. The van der Waals surface area contributed by atoms with Gasteiger partial charge in [-0.25, -0.2) is 4.79 Å². The van der Waals surface area contributed by atoms with E-state index in [-0.39, 0.29) is 17.7 Å². The molecule has 2 N–H and O–H groups in total. The minimum absolute atomic E-state index is 0.199. The summed E-state index contributed by atoms with van der Waals surface area (Å²) in [6.45, 7) is 9.10. The van der Waals surface area contributed by atoms with E-state index in [9.17, 15) is 14.4 Å². The van der Waals surface area contributed by atoms with E-state index in [0.29, 0.717) is 11.3 Å². The van der Waals surface area contributed by atoms with E-state index in [2.05, 4.69) is 10.6 Å². The molecule has 0 saturated carbocycles. The summed E-state index contributed by atoms with van der Waals surface area (Å²) in [5, 5.41) is 5.51. The molecule has 2 aromatic carbocycles. The summed E-state index contributed by atoms with van der Waals surface area (Å²) >= 11 is 0. The molecular formula is C24H30N2O4. The number of nitrogens with one attached hydrogen (secondary N) is 2. The first-order chi connectivity index (χ1) is 14.2. The number of para-hydroxylation sites is 1. The molecule has 160 valence electrons. The van der Waals surface area contributed by atoms with Gasteiger partial charge in [0.2, 0.25) is 0 Å². The van der Waals surface area contributed by atoms with Gasteiger partial charge in [-0.05, 0) is 42.0 Å². The number of hydrogen-bond acceptors (Lipinski definition) is 4. The maximum absolute atomic E-state index is 12.6. The summed E-state index contributed by atoms with van der Waals surface area (Å²) < 4.78 is 5.20. The lowest BCUT2D eigenvalue weighted by atomic mass is 10.0. The largest absolute Gasteiger partial charge is 0.454 e. The summed E-state index contributed by atoms with van der Waals surface area (Å²) in [6, 6.07) is 13.8. The van der Waals surface area contributed by atoms with Gasteiger partial charge >= 0.3 is 5.97 Å². The highest BCUT2D eigenvalue weighted by molar-refractivity contribution is 5.98. The van der Waals surface area contributed by atoms with Gasteiger partial charge in [0.15, 0.2) is 6.61 Å². The van der Waals surface area contributed by atoms with Crippen molar-refractivity contribution in [3.8, 4) is 0 Å². The fourth-order valence-electron chi connectivity index (χ4n) is 3.07. The quantitative estimate of drug-likeness (QED) is 0.643. The molecule has 6 nitrogen and oxygen atoms in total. The molecule has 0 saturated heterocycles. The molecule has 30 heavy (non-hydrogen) atoms. The smallest absolute Gasteiger partial charge is 0.329 e. The van der Waals surface area contributed by atoms with Crippen LogP contribution in [0.3, 0.4) is 0 Å². The molecule has 2 aromatic rings. The van der Waals surface area contributed by atoms with Crippen LogP contribution < -0.4 is 10.6 Å². The molecule has 0 aromatic heterocycles. The number of carbonyl (C=O) groups excluding carboxylic acids is 3. The standard InChI is InChI=1S/C24H30N2O4/c1-15(2)18-11-8-9-13-20(18)25-21(27)14-30-24(29)22(16(3)4)26-23(28)19-12-7-6-10-17(19)5/h6-13,15-16,22H,14H2,1-5H3,(H,25,27)(H,26,28)/t22-/m0/s1.